The average molecular weight is 331 g/mol. The molecule has 3 atom stereocenters. The lowest BCUT2D eigenvalue weighted by atomic mass is 9.97. The molecule has 1 N–H and O–H groups in total. The van der Waals surface area contributed by atoms with Crippen LogP contribution in [0.5, 0.6) is 0 Å². The Labute approximate surface area is 137 Å². The van der Waals surface area contributed by atoms with E-state index in [-0.39, 0.29) is 0 Å². The summed E-state index contributed by atoms with van der Waals surface area (Å²) >= 11 is 1.37. The van der Waals surface area contributed by atoms with Crippen molar-refractivity contribution in [1.29, 1.82) is 0 Å². The summed E-state index contributed by atoms with van der Waals surface area (Å²) in [4.78, 5) is 12.6. The standard InChI is InChI=1S/C15H29N3O3S/c1-5-17(8-14-11-21-10-13(14)3)7-12(2)6-16-15(22-4)9-18(19)20/h9,12-14,16H,5-8,10-11H2,1-4H3. The Balaban J connectivity index is 2.37. The normalized spacial score (nSPS) is 23.8. The predicted octanol–water partition coefficient (Wildman–Crippen LogP) is 2.26. The van der Waals surface area contributed by atoms with Crippen LogP contribution in [-0.4, -0.2) is 55.5 Å². The largest absolute Gasteiger partial charge is 0.381 e. The molecule has 0 aromatic heterocycles. The van der Waals surface area contributed by atoms with Crippen molar-refractivity contribution >= 4 is 11.8 Å². The number of thioether (sulfide) groups is 1. The van der Waals surface area contributed by atoms with E-state index < -0.39 is 4.92 Å². The molecular weight excluding hydrogens is 302 g/mol. The molecule has 7 heteroatoms. The molecule has 0 saturated carbocycles. The SMILES string of the molecule is CCN(CC(C)CNC(=C[N+](=O)[O-])SC)CC1COCC1C. The molecule has 0 aromatic rings. The molecule has 128 valence electrons. The summed E-state index contributed by atoms with van der Waals surface area (Å²) in [7, 11) is 0. The van der Waals surface area contributed by atoms with Gasteiger partial charge in [-0.15, -0.1) is 11.8 Å². The van der Waals surface area contributed by atoms with Crippen LogP contribution in [-0.2, 0) is 4.74 Å². The van der Waals surface area contributed by atoms with Gasteiger partial charge in [0.1, 0.15) is 5.03 Å². The third kappa shape index (κ3) is 6.98. The molecule has 1 fully saturated rings. The fourth-order valence-corrected chi connectivity index (χ4v) is 3.07. The van der Waals surface area contributed by atoms with Crippen molar-refractivity contribution in [2.24, 2.45) is 17.8 Å². The smallest absolute Gasteiger partial charge is 0.263 e. The van der Waals surface area contributed by atoms with Gasteiger partial charge in [-0.3, -0.25) is 10.1 Å². The summed E-state index contributed by atoms with van der Waals surface area (Å²) < 4.78 is 5.54. The summed E-state index contributed by atoms with van der Waals surface area (Å²) in [5.74, 6) is 1.68. The topological polar surface area (TPSA) is 67.6 Å². The lowest BCUT2D eigenvalue weighted by Gasteiger charge is -2.28. The zero-order valence-corrected chi connectivity index (χ0v) is 14.9. The van der Waals surface area contributed by atoms with Gasteiger partial charge >= 0.3 is 0 Å². The van der Waals surface area contributed by atoms with E-state index in [2.05, 4.69) is 31.0 Å². The van der Waals surface area contributed by atoms with Crippen LogP contribution in [0.15, 0.2) is 11.2 Å². The summed E-state index contributed by atoms with van der Waals surface area (Å²) in [6.07, 6.45) is 2.87. The maximum Gasteiger partial charge on any atom is 0.263 e. The number of ether oxygens (including phenoxy) is 1. The first-order chi connectivity index (χ1) is 10.5. The zero-order valence-electron chi connectivity index (χ0n) is 14.1. The number of nitrogens with zero attached hydrogens (tertiary/aromatic N) is 2. The lowest BCUT2D eigenvalue weighted by molar-refractivity contribution is -0.403. The van der Waals surface area contributed by atoms with E-state index in [1.807, 2.05) is 6.26 Å². The van der Waals surface area contributed by atoms with Gasteiger partial charge in [0.05, 0.1) is 11.5 Å². The van der Waals surface area contributed by atoms with Crippen molar-refractivity contribution in [1.82, 2.24) is 10.2 Å². The maximum atomic E-state index is 10.5. The molecule has 1 aliphatic rings. The molecule has 0 bridgehead atoms. The predicted molar refractivity (Wildman–Crippen MR) is 91.3 cm³/mol. The Morgan fingerprint density at radius 1 is 1.59 bits per heavy atom. The highest BCUT2D eigenvalue weighted by molar-refractivity contribution is 8.02. The minimum absolute atomic E-state index is 0.413. The molecule has 0 amide bonds. The third-order valence-corrected chi connectivity index (χ3v) is 4.78. The molecule has 1 heterocycles. The van der Waals surface area contributed by atoms with E-state index in [1.54, 1.807) is 0 Å². The van der Waals surface area contributed by atoms with E-state index >= 15 is 0 Å². The van der Waals surface area contributed by atoms with Crippen LogP contribution in [0.2, 0.25) is 0 Å². The molecule has 1 rings (SSSR count). The molecule has 0 aliphatic carbocycles. The molecule has 0 aromatic carbocycles. The maximum absolute atomic E-state index is 10.5. The molecular formula is C15H29N3O3S. The molecule has 1 saturated heterocycles. The quantitative estimate of drug-likeness (QED) is 0.489. The third-order valence-electron chi connectivity index (χ3n) is 4.09. The molecule has 0 radical (unpaired) electrons. The highest BCUT2D eigenvalue weighted by Crippen LogP contribution is 2.21. The zero-order chi connectivity index (χ0) is 16.5. The van der Waals surface area contributed by atoms with Crippen molar-refractivity contribution in [2.75, 3.05) is 45.6 Å². The van der Waals surface area contributed by atoms with Crippen LogP contribution in [0.4, 0.5) is 0 Å². The van der Waals surface area contributed by atoms with Crippen LogP contribution < -0.4 is 5.32 Å². The molecule has 6 nitrogen and oxygen atoms in total. The lowest BCUT2D eigenvalue weighted by Crippen LogP contribution is -2.37. The second-order valence-corrected chi connectivity index (χ2v) is 6.94. The number of hydrogen-bond acceptors (Lipinski definition) is 6. The Morgan fingerprint density at radius 3 is 2.82 bits per heavy atom. The first-order valence-electron chi connectivity index (χ1n) is 7.89. The van der Waals surface area contributed by atoms with Gasteiger partial charge in [0.2, 0.25) is 0 Å². The van der Waals surface area contributed by atoms with Gasteiger partial charge in [-0.25, -0.2) is 0 Å². The van der Waals surface area contributed by atoms with Crippen LogP contribution in [0.1, 0.15) is 20.8 Å². The van der Waals surface area contributed by atoms with Crippen molar-refractivity contribution in [2.45, 2.75) is 20.8 Å². The van der Waals surface area contributed by atoms with Gasteiger partial charge in [0.15, 0.2) is 0 Å². The van der Waals surface area contributed by atoms with Crippen molar-refractivity contribution in [3.8, 4) is 0 Å². The second kappa shape index (κ2) is 10.1. The fraction of sp³-hybridized carbons (Fsp3) is 0.867. The number of hydrogen-bond donors (Lipinski definition) is 1. The van der Waals surface area contributed by atoms with Crippen LogP contribution in [0.25, 0.3) is 0 Å². The van der Waals surface area contributed by atoms with E-state index in [0.29, 0.717) is 22.8 Å². The van der Waals surface area contributed by atoms with E-state index in [4.69, 9.17) is 4.74 Å². The Hall–Kier alpha value is -0.790. The van der Waals surface area contributed by atoms with Gasteiger partial charge in [-0.1, -0.05) is 20.8 Å². The van der Waals surface area contributed by atoms with Gasteiger partial charge in [0.25, 0.3) is 6.20 Å². The molecule has 0 spiro atoms. The van der Waals surface area contributed by atoms with Crippen LogP contribution in [0.3, 0.4) is 0 Å². The van der Waals surface area contributed by atoms with Crippen molar-refractivity contribution < 1.29 is 9.66 Å². The number of nitrogens with one attached hydrogen (secondary N) is 1. The minimum Gasteiger partial charge on any atom is -0.381 e. The highest BCUT2D eigenvalue weighted by Gasteiger charge is 2.26. The summed E-state index contributed by atoms with van der Waals surface area (Å²) in [6, 6.07) is 0. The van der Waals surface area contributed by atoms with E-state index in [0.717, 1.165) is 45.6 Å². The van der Waals surface area contributed by atoms with Gasteiger partial charge in [0, 0.05) is 26.2 Å². The van der Waals surface area contributed by atoms with Gasteiger partial charge in [-0.2, -0.15) is 0 Å². The minimum atomic E-state index is -0.413. The Bertz CT molecular complexity index is 379. The van der Waals surface area contributed by atoms with Crippen LogP contribution >= 0.6 is 11.8 Å². The van der Waals surface area contributed by atoms with E-state index in [9.17, 15) is 10.1 Å². The molecule has 22 heavy (non-hydrogen) atoms. The average Bonchev–Trinajstić information content (AvgIpc) is 2.87. The number of rotatable bonds is 10. The summed E-state index contributed by atoms with van der Waals surface area (Å²) in [5, 5.41) is 14.3. The van der Waals surface area contributed by atoms with E-state index in [1.165, 1.54) is 11.8 Å². The second-order valence-electron chi connectivity index (χ2n) is 6.10. The van der Waals surface area contributed by atoms with Crippen molar-refractivity contribution in [3.05, 3.63) is 21.3 Å². The molecule has 3 unspecified atom stereocenters. The number of nitro groups is 1. The highest BCUT2D eigenvalue weighted by atomic mass is 32.2. The van der Waals surface area contributed by atoms with Crippen LogP contribution in [0, 0.1) is 27.9 Å². The summed E-state index contributed by atoms with van der Waals surface area (Å²) in [5.41, 5.74) is 0. The Morgan fingerprint density at radius 2 is 2.32 bits per heavy atom. The molecule has 1 aliphatic heterocycles. The van der Waals surface area contributed by atoms with Crippen molar-refractivity contribution in [3.63, 3.8) is 0 Å². The Kier molecular flexibility index (Phi) is 8.82. The van der Waals surface area contributed by atoms with Gasteiger partial charge < -0.3 is 15.0 Å². The fourth-order valence-electron chi connectivity index (χ4n) is 2.65. The monoisotopic (exact) mass is 331 g/mol. The first-order valence-corrected chi connectivity index (χ1v) is 9.12. The van der Waals surface area contributed by atoms with Gasteiger partial charge in [-0.05, 0) is 30.6 Å². The first kappa shape index (κ1) is 19.3. The summed E-state index contributed by atoms with van der Waals surface area (Å²) in [6.45, 7) is 12.2.